The molecule has 0 aromatic rings. The van der Waals surface area contributed by atoms with Crippen LogP contribution in [0.4, 0.5) is 0 Å². The molecule has 26 valence electrons. The smallest absolute Gasteiger partial charge is 0.128 e. The van der Waals surface area contributed by atoms with Crippen LogP contribution in [0.2, 0.25) is 0 Å². The molecule has 0 saturated carbocycles. The van der Waals surface area contributed by atoms with Crippen LogP contribution in [0.25, 0.3) is 0 Å². The normalized spacial score (nSPS) is 1.50. The van der Waals surface area contributed by atoms with E-state index in [1.165, 1.54) is 9.55 Å². The van der Waals surface area contributed by atoms with E-state index in [4.69, 9.17) is 0 Å². The van der Waals surface area contributed by atoms with E-state index in [0.717, 1.165) is 0 Å². The van der Waals surface area contributed by atoms with Gasteiger partial charge in [-0.25, -0.2) is 0 Å². The second kappa shape index (κ2) is 28.4. The predicted octanol–water partition coefficient (Wildman–Crippen LogP) is -2.33. The third-order valence-corrected chi connectivity index (χ3v) is 0. The zero-order chi connectivity index (χ0) is 2.00. The van der Waals surface area contributed by atoms with E-state index in [-0.39, 0.29) is 28.6 Å². The molecule has 4 heteroatoms. The summed E-state index contributed by atoms with van der Waals surface area (Å²) in [5.41, 5.74) is 0. The zero-order valence-corrected chi connectivity index (χ0v) is 9.93. The van der Waals surface area contributed by atoms with Gasteiger partial charge < -0.3 is 0 Å². The minimum absolute atomic E-state index is 0. The van der Waals surface area contributed by atoms with Gasteiger partial charge in [-0.1, -0.05) is 0 Å². The summed E-state index contributed by atoms with van der Waals surface area (Å²) in [6.07, 6.45) is 0. The molecule has 0 fully saturated rings. The van der Waals surface area contributed by atoms with E-state index < -0.39 is 0 Å². The van der Waals surface area contributed by atoms with Crippen LogP contribution >= 0.6 is 11.1 Å². The van der Waals surface area contributed by atoms with Crippen LogP contribution in [0.3, 0.4) is 0 Å². The molecule has 0 aromatic carbocycles. The van der Waals surface area contributed by atoms with Crippen molar-refractivity contribution in [3.05, 3.63) is 0 Å². The molecule has 0 aliphatic carbocycles. The SMILES string of the molecule is [GeH2].[SiH2]Cl.[SiH3]. The molecular formula is H7ClGeSi2. The van der Waals surface area contributed by atoms with Crippen molar-refractivity contribution in [3.63, 3.8) is 0 Å². The number of hydrogen-bond donors (Lipinski definition) is 0. The average molecular weight is 171 g/mol. The largest absolute Gasteiger partial charge is 0.179 e. The first-order chi connectivity index (χ1) is 1.00. The Morgan fingerprint density at radius 1 is 1.25 bits per heavy atom. The van der Waals surface area contributed by atoms with Gasteiger partial charge in [0.15, 0.2) is 0 Å². The van der Waals surface area contributed by atoms with Gasteiger partial charge >= 0.3 is 17.6 Å². The van der Waals surface area contributed by atoms with E-state index in [1.807, 2.05) is 0 Å². The van der Waals surface area contributed by atoms with Crippen LogP contribution in [-0.4, -0.2) is 38.1 Å². The molecule has 0 N–H and O–H groups in total. The number of rotatable bonds is 0. The summed E-state index contributed by atoms with van der Waals surface area (Å²) in [7, 11) is 1.33. The Bertz CT molecular complexity index is 6.00. The van der Waals surface area contributed by atoms with Gasteiger partial charge in [-0.15, -0.1) is 0 Å². The second-order valence-corrected chi connectivity index (χ2v) is 0. The van der Waals surface area contributed by atoms with Gasteiger partial charge in [0.2, 0.25) is 0 Å². The van der Waals surface area contributed by atoms with Crippen LogP contribution in [0, 0.1) is 0 Å². The summed E-state index contributed by atoms with van der Waals surface area (Å²) in [5.74, 6) is 0. The quantitative estimate of drug-likeness (QED) is 0.283. The Morgan fingerprint density at radius 3 is 1.25 bits per heavy atom. The first-order valence-corrected chi connectivity index (χ1v) is 2.41. The molecule has 0 amide bonds. The minimum Gasteiger partial charge on any atom is -0.179 e. The van der Waals surface area contributed by atoms with E-state index >= 15 is 0 Å². The fourth-order valence-corrected chi connectivity index (χ4v) is 0. The van der Waals surface area contributed by atoms with Gasteiger partial charge in [-0.2, -0.15) is 11.1 Å². The molecule has 0 aromatic heterocycles. The summed E-state index contributed by atoms with van der Waals surface area (Å²) in [4.78, 5) is 0. The van der Waals surface area contributed by atoms with E-state index in [1.54, 1.807) is 0 Å². The Labute approximate surface area is 49.4 Å². The maximum absolute atomic E-state index is 4.67. The fraction of sp³-hybridized carbons (Fsp3) is 0. The van der Waals surface area contributed by atoms with Gasteiger partial charge in [-0.05, 0) is 11.0 Å². The molecule has 0 saturated heterocycles. The van der Waals surface area contributed by atoms with Gasteiger partial charge in [0, 0.05) is 0 Å². The molecule has 4 heavy (non-hydrogen) atoms. The fourth-order valence-electron chi connectivity index (χ4n) is 0. The van der Waals surface area contributed by atoms with Crippen molar-refractivity contribution in [3.8, 4) is 0 Å². The van der Waals surface area contributed by atoms with Crippen LogP contribution in [0.1, 0.15) is 0 Å². The number of hydrogen-bond acceptors (Lipinski definition) is 0. The third kappa shape index (κ3) is 10.5. The van der Waals surface area contributed by atoms with Crippen molar-refractivity contribution in [1.82, 2.24) is 0 Å². The Kier molecular flexibility index (Phi) is 132. The number of halogens is 1. The van der Waals surface area contributed by atoms with Crippen LogP contribution < -0.4 is 0 Å². The summed E-state index contributed by atoms with van der Waals surface area (Å²) in [5, 5.41) is 0. The first-order valence-electron chi connectivity index (χ1n) is 0.267. The average Bonchev–Trinajstić information content (AvgIpc) is 1.00. The van der Waals surface area contributed by atoms with Gasteiger partial charge in [0.05, 0.1) is 0 Å². The summed E-state index contributed by atoms with van der Waals surface area (Å²) >= 11 is 4.67. The maximum atomic E-state index is 4.67. The first kappa shape index (κ1) is 18.7. The van der Waals surface area contributed by atoms with Crippen molar-refractivity contribution in [2.45, 2.75) is 0 Å². The molecule has 0 aliphatic heterocycles. The van der Waals surface area contributed by atoms with E-state index in [9.17, 15) is 0 Å². The van der Waals surface area contributed by atoms with Gasteiger partial charge in [-0.3, -0.25) is 0 Å². The van der Waals surface area contributed by atoms with Crippen LogP contribution in [0.5, 0.6) is 0 Å². The molecule has 0 heterocycles. The molecule has 0 nitrogen and oxygen atoms in total. The van der Waals surface area contributed by atoms with Crippen LogP contribution in [0.15, 0.2) is 0 Å². The Hall–Kier alpha value is 1.27. The monoisotopic (exact) mass is 172 g/mol. The van der Waals surface area contributed by atoms with Crippen molar-refractivity contribution >= 4 is 49.2 Å². The molecule has 0 bridgehead atoms. The van der Waals surface area contributed by atoms with E-state index in [0.29, 0.717) is 0 Å². The molecule has 0 spiro atoms. The van der Waals surface area contributed by atoms with Crippen molar-refractivity contribution in [1.29, 1.82) is 0 Å². The topological polar surface area (TPSA) is 0 Å². The second-order valence-electron chi connectivity index (χ2n) is 0. The zero-order valence-electron chi connectivity index (χ0n) is 2.79. The summed E-state index contributed by atoms with van der Waals surface area (Å²) in [6.45, 7) is 0. The third-order valence-electron chi connectivity index (χ3n) is 0. The maximum Gasteiger partial charge on any atom is 0.128 e. The van der Waals surface area contributed by atoms with Crippen molar-refractivity contribution in [2.24, 2.45) is 0 Å². The molecular weight excluding hydrogens is 164 g/mol. The molecule has 0 rings (SSSR count). The molecule has 0 unspecified atom stereocenters. The van der Waals surface area contributed by atoms with Gasteiger partial charge in [0.1, 0.15) is 9.55 Å². The van der Waals surface area contributed by atoms with E-state index in [2.05, 4.69) is 11.1 Å². The van der Waals surface area contributed by atoms with Gasteiger partial charge in [0.25, 0.3) is 0 Å². The minimum atomic E-state index is 0. The van der Waals surface area contributed by atoms with Crippen LogP contribution in [-0.2, 0) is 0 Å². The Balaban J connectivity index is -0.00000000500. The van der Waals surface area contributed by atoms with Crippen molar-refractivity contribution < 1.29 is 0 Å². The Morgan fingerprint density at radius 2 is 1.25 bits per heavy atom. The standard InChI is InChI=1S/ClH2Si.GeH2.H3Si/c1-2;;/h2H2;1H2;1H3. The summed E-state index contributed by atoms with van der Waals surface area (Å²) < 4.78 is 0. The molecule has 4 radical (unpaired) electrons. The van der Waals surface area contributed by atoms with Crippen molar-refractivity contribution in [2.75, 3.05) is 0 Å². The molecule has 0 aliphatic rings. The summed E-state index contributed by atoms with van der Waals surface area (Å²) in [6, 6.07) is 0. The predicted molar refractivity (Wildman–Crippen MR) is 32.9 cm³/mol. The molecule has 0 atom stereocenters.